The average Bonchev–Trinajstić information content (AvgIpc) is 3.03. The van der Waals surface area contributed by atoms with Gasteiger partial charge in [-0.05, 0) is 51.1 Å². The van der Waals surface area contributed by atoms with Crippen molar-refractivity contribution >= 4 is 0 Å². The van der Waals surface area contributed by atoms with Crippen molar-refractivity contribution < 1.29 is 4.74 Å². The molecule has 0 N–H and O–H groups in total. The fourth-order valence-corrected chi connectivity index (χ4v) is 4.80. The molecule has 0 radical (unpaired) electrons. The summed E-state index contributed by atoms with van der Waals surface area (Å²) in [7, 11) is 0. The predicted molar refractivity (Wildman–Crippen MR) is 90.3 cm³/mol. The molecule has 1 aliphatic carbocycles. The monoisotopic (exact) mass is 318 g/mol. The molecule has 1 aromatic heterocycles. The molecule has 2 saturated heterocycles. The van der Waals surface area contributed by atoms with Crippen LogP contribution in [-0.4, -0.2) is 65.0 Å². The molecule has 3 aliphatic rings. The largest absolute Gasteiger partial charge is 0.379 e. The number of morpholine rings is 1. The van der Waals surface area contributed by atoms with E-state index in [1.54, 1.807) is 0 Å². The van der Waals surface area contributed by atoms with Crippen LogP contribution in [0, 0.1) is 5.41 Å². The highest BCUT2D eigenvalue weighted by Gasteiger charge is 2.50. The predicted octanol–water partition coefficient (Wildman–Crippen LogP) is 1.98. The van der Waals surface area contributed by atoms with Crippen LogP contribution in [0.3, 0.4) is 0 Å². The number of hydrogen-bond donors (Lipinski definition) is 0. The van der Waals surface area contributed by atoms with Crippen molar-refractivity contribution in [3.8, 4) is 0 Å². The molecule has 1 spiro atoms. The van der Waals surface area contributed by atoms with Crippen LogP contribution in [0.2, 0.25) is 0 Å². The molecule has 128 valence electrons. The maximum absolute atomic E-state index is 5.53. The van der Waals surface area contributed by atoms with Gasteiger partial charge in [0.05, 0.1) is 19.4 Å². The molecule has 0 amide bonds. The fourth-order valence-electron chi connectivity index (χ4n) is 4.80. The maximum Gasteiger partial charge on any atom is 0.0594 e. The molecule has 5 nitrogen and oxygen atoms in total. The van der Waals surface area contributed by atoms with Gasteiger partial charge in [0.2, 0.25) is 0 Å². The molecule has 1 aromatic rings. The first-order chi connectivity index (χ1) is 11.3. The summed E-state index contributed by atoms with van der Waals surface area (Å²) in [5, 5.41) is 4.40. The number of nitrogens with zero attached hydrogens (tertiary/aromatic N) is 4. The van der Waals surface area contributed by atoms with Gasteiger partial charge in [-0.1, -0.05) is 0 Å². The Bertz CT molecular complexity index is 515. The van der Waals surface area contributed by atoms with Gasteiger partial charge in [-0.25, -0.2) is 0 Å². The minimum atomic E-state index is 0.613. The number of aromatic nitrogens is 2. The van der Waals surface area contributed by atoms with Gasteiger partial charge in [0.1, 0.15) is 0 Å². The number of hydrogen-bond acceptors (Lipinski definition) is 4. The number of likely N-dealkylation sites (tertiary alicyclic amines) is 1. The van der Waals surface area contributed by atoms with Crippen LogP contribution in [0.5, 0.6) is 0 Å². The van der Waals surface area contributed by atoms with Gasteiger partial charge in [-0.15, -0.1) is 0 Å². The molecule has 4 rings (SSSR count). The van der Waals surface area contributed by atoms with Gasteiger partial charge in [0.25, 0.3) is 0 Å². The van der Waals surface area contributed by atoms with E-state index in [2.05, 4.69) is 28.0 Å². The van der Waals surface area contributed by atoms with Crippen LogP contribution in [0.1, 0.15) is 38.2 Å². The third-order valence-electron chi connectivity index (χ3n) is 6.38. The van der Waals surface area contributed by atoms with Crippen LogP contribution >= 0.6 is 0 Å². The Morgan fingerprint density at radius 2 is 1.96 bits per heavy atom. The first-order valence-corrected chi connectivity index (χ1v) is 9.34. The van der Waals surface area contributed by atoms with Gasteiger partial charge < -0.3 is 4.74 Å². The Morgan fingerprint density at radius 1 is 1.17 bits per heavy atom. The highest BCUT2D eigenvalue weighted by Crippen LogP contribution is 2.51. The zero-order chi connectivity index (χ0) is 15.7. The van der Waals surface area contributed by atoms with Crippen molar-refractivity contribution in [2.45, 2.75) is 51.7 Å². The zero-order valence-corrected chi connectivity index (χ0v) is 14.4. The van der Waals surface area contributed by atoms with E-state index in [1.807, 2.05) is 10.9 Å². The van der Waals surface area contributed by atoms with E-state index in [1.165, 1.54) is 44.3 Å². The number of rotatable bonds is 4. The van der Waals surface area contributed by atoms with Crippen LogP contribution in [0.4, 0.5) is 0 Å². The lowest BCUT2D eigenvalue weighted by atomic mass is 9.58. The normalized spacial score (nSPS) is 28.8. The molecule has 3 heterocycles. The average molecular weight is 318 g/mol. The molecule has 23 heavy (non-hydrogen) atoms. The van der Waals surface area contributed by atoms with Crippen molar-refractivity contribution in [2.24, 2.45) is 5.41 Å². The minimum Gasteiger partial charge on any atom is -0.379 e. The van der Waals surface area contributed by atoms with E-state index in [-0.39, 0.29) is 0 Å². The molecule has 5 heteroatoms. The maximum atomic E-state index is 5.53. The Balaban J connectivity index is 1.31. The van der Waals surface area contributed by atoms with Gasteiger partial charge >= 0.3 is 0 Å². The van der Waals surface area contributed by atoms with Crippen molar-refractivity contribution in [1.82, 2.24) is 19.6 Å². The van der Waals surface area contributed by atoms with Crippen molar-refractivity contribution in [3.63, 3.8) is 0 Å². The van der Waals surface area contributed by atoms with E-state index < -0.39 is 0 Å². The Hall–Kier alpha value is -0.910. The molecule has 3 fully saturated rings. The first kappa shape index (κ1) is 15.6. The molecular weight excluding hydrogens is 288 g/mol. The van der Waals surface area contributed by atoms with Crippen LogP contribution < -0.4 is 0 Å². The lowest BCUT2D eigenvalue weighted by Crippen LogP contribution is -2.61. The zero-order valence-electron chi connectivity index (χ0n) is 14.4. The second-order valence-electron chi connectivity index (χ2n) is 7.55. The van der Waals surface area contributed by atoms with Crippen molar-refractivity contribution in [3.05, 3.63) is 18.0 Å². The third-order valence-corrected chi connectivity index (χ3v) is 6.38. The minimum absolute atomic E-state index is 0.613. The Morgan fingerprint density at radius 3 is 2.57 bits per heavy atom. The fraction of sp³-hybridized carbons (Fsp3) is 0.833. The number of piperidine rings is 1. The number of ether oxygens (including phenoxy) is 1. The summed E-state index contributed by atoms with van der Waals surface area (Å²) < 4.78 is 7.56. The van der Waals surface area contributed by atoms with Gasteiger partial charge in [-0.3, -0.25) is 14.5 Å². The van der Waals surface area contributed by atoms with Crippen LogP contribution in [0.25, 0.3) is 0 Å². The molecule has 1 atom stereocenters. The lowest BCUT2D eigenvalue weighted by Gasteiger charge is -2.58. The molecule has 1 unspecified atom stereocenters. The van der Waals surface area contributed by atoms with Crippen LogP contribution in [-0.2, 0) is 17.8 Å². The van der Waals surface area contributed by atoms with Gasteiger partial charge in [0.15, 0.2) is 0 Å². The smallest absolute Gasteiger partial charge is 0.0594 e. The highest BCUT2D eigenvalue weighted by molar-refractivity contribution is 5.07. The standard InChI is InChI=1S/C18H30N4O/c1-2-22-15-16(13-19-22)14-20-7-5-18(6-8-20)4-3-17(18)21-9-11-23-12-10-21/h13,15,17H,2-12,14H2,1H3. The van der Waals surface area contributed by atoms with E-state index in [0.717, 1.165) is 45.4 Å². The van der Waals surface area contributed by atoms with Gasteiger partial charge in [-0.2, -0.15) is 5.10 Å². The second kappa shape index (κ2) is 6.54. The SMILES string of the molecule is CCn1cc(CN2CCC3(CCC3N3CCOCC3)CC2)cn1. The van der Waals surface area contributed by atoms with Gasteiger partial charge in [0, 0.05) is 44.0 Å². The van der Waals surface area contributed by atoms with Crippen molar-refractivity contribution in [1.29, 1.82) is 0 Å². The third kappa shape index (κ3) is 3.06. The molecule has 0 bridgehead atoms. The Labute approximate surface area is 139 Å². The summed E-state index contributed by atoms with van der Waals surface area (Å²) in [4.78, 5) is 5.34. The summed E-state index contributed by atoms with van der Waals surface area (Å²) >= 11 is 0. The quantitative estimate of drug-likeness (QED) is 0.850. The summed E-state index contributed by atoms with van der Waals surface area (Å²) in [5.41, 5.74) is 1.97. The summed E-state index contributed by atoms with van der Waals surface area (Å²) in [6.45, 7) is 10.8. The Kier molecular flexibility index (Phi) is 4.43. The number of aryl methyl sites for hydroxylation is 1. The molecule has 2 aliphatic heterocycles. The highest BCUT2D eigenvalue weighted by atomic mass is 16.5. The summed E-state index contributed by atoms with van der Waals surface area (Å²) in [6, 6.07) is 0.830. The molecular formula is C18H30N4O. The topological polar surface area (TPSA) is 33.5 Å². The van der Waals surface area contributed by atoms with Crippen molar-refractivity contribution in [2.75, 3.05) is 39.4 Å². The lowest BCUT2D eigenvalue weighted by molar-refractivity contribution is -0.0976. The van der Waals surface area contributed by atoms with E-state index in [0.29, 0.717) is 5.41 Å². The molecule has 0 aromatic carbocycles. The van der Waals surface area contributed by atoms with E-state index in [4.69, 9.17) is 4.74 Å². The van der Waals surface area contributed by atoms with E-state index >= 15 is 0 Å². The first-order valence-electron chi connectivity index (χ1n) is 9.34. The second-order valence-corrected chi connectivity index (χ2v) is 7.55. The van der Waals surface area contributed by atoms with Crippen LogP contribution in [0.15, 0.2) is 12.4 Å². The summed E-state index contributed by atoms with van der Waals surface area (Å²) in [5.74, 6) is 0. The summed E-state index contributed by atoms with van der Waals surface area (Å²) in [6.07, 6.45) is 9.83. The molecule has 1 saturated carbocycles. The van der Waals surface area contributed by atoms with E-state index in [9.17, 15) is 0 Å².